The third kappa shape index (κ3) is 5.86. The molecule has 5 fully saturated rings. The predicted molar refractivity (Wildman–Crippen MR) is 160 cm³/mol. The number of benzene rings is 1. The molecule has 0 spiro atoms. The van der Waals surface area contributed by atoms with E-state index in [2.05, 4.69) is 34.4 Å². The van der Waals surface area contributed by atoms with Crippen molar-refractivity contribution in [3.05, 3.63) is 39.9 Å². The van der Waals surface area contributed by atoms with Gasteiger partial charge in [-0.3, -0.25) is 24.3 Å². The van der Waals surface area contributed by atoms with Gasteiger partial charge in [0, 0.05) is 24.4 Å². The van der Waals surface area contributed by atoms with E-state index < -0.39 is 11.9 Å². The van der Waals surface area contributed by atoms with E-state index in [1.807, 2.05) is 12.1 Å². The monoisotopic (exact) mass is 556 g/mol. The fraction of sp³-hybridized carbons (Fsp3) is 0.647. The third-order valence-corrected chi connectivity index (χ3v) is 10.5. The van der Waals surface area contributed by atoms with Crippen molar-refractivity contribution in [1.82, 2.24) is 20.2 Å². The lowest BCUT2D eigenvalue weighted by atomic mass is 9.48. The molecule has 2 heterocycles. The highest BCUT2D eigenvalue weighted by atomic mass is 16.2. The van der Waals surface area contributed by atoms with Gasteiger partial charge in [-0.1, -0.05) is 24.7 Å². The first kappa shape index (κ1) is 28.2. The maximum atomic E-state index is 13.3. The molecule has 218 valence electrons. The van der Waals surface area contributed by atoms with Crippen LogP contribution < -0.4 is 16.2 Å². The number of aryl methyl sites for hydroxylation is 1. The molecule has 7 heteroatoms. The van der Waals surface area contributed by atoms with Gasteiger partial charge in [0.05, 0.1) is 10.9 Å². The molecular formula is C34H44N4O3. The molecule has 2 aromatic rings. The number of hydrogen-bond acceptors (Lipinski definition) is 5. The predicted octanol–water partition coefficient (Wildman–Crippen LogP) is 5.18. The average Bonchev–Trinajstić information content (AvgIpc) is 2.92. The second-order valence-electron chi connectivity index (χ2n) is 13.5. The minimum atomic E-state index is -0.720. The molecule has 2 N–H and O–H groups in total. The first-order valence-electron chi connectivity index (χ1n) is 15.9. The van der Waals surface area contributed by atoms with Gasteiger partial charge >= 0.3 is 0 Å². The highest BCUT2D eigenvalue weighted by Crippen LogP contribution is 2.61. The van der Waals surface area contributed by atoms with Gasteiger partial charge in [0.15, 0.2) is 0 Å². The molecule has 7 nitrogen and oxygen atoms in total. The SMILES string of the molecule is Cc1nc2ccc(C#CCCCCCCN[C@@H](C)C34CC5CC(CC(C5)C3)C4)cc2c(=O)n1[C@H]1CCC(=O)NC1=O. The summed E-state index contributed by atoms with van der Waals surface area (Å²) >= 11 is 0. The van der Waals surface area contributed by atoms with Gasteiger partial charge < -0.3 is 5.32 Å². The van der Waals surface area contributed by atoms with Gasteiger partial charge in [-0.15, -0.1) is 0 Å². The van der Waals surface area contributed by atoms with E-state index in [9.17, 15) is 14.4 Å². The van der Waals surface area contributed by atoms with Crippen molar-refractivity contribution in [3.63, 3.8) is 0 Å². The van der Waals surface area contributed by atoms with E-state index in [1.165, 1.54) is 62.4 Å². The van der Waals surface area contributed by atoms with Gasteiger partial charge in [-0.2, -0.15) is 0 Å². The third-order valence-electron chi connectivity index (χ3n) is 10.5. The quantitative estimate of drug-likeness (QED) is 0.252. The van der Waals surface area contributed by atoms with Crippen LogP contribution in [0.4, 0.5) is 0 Å². The molecule has 1 aromatic heterocycles. The number of fused-ring (bicyclic) bond motifs is 1. The number of aromatic nitrogens is 2. The topological polar surface area (TPSA) is 93.1 Å². The molecule has 4 bridgehead atoms. The Labute approximate surface area is 243 Å². The van der Waals surface area contributed by atoms with Crippen molar-refractivity contribution in [2.45, 2.75) is 109 Å². The zero-order valence-corrected chi connectivity index (χ0v) is 24.6. The Morgan fingerprint density at radius 2 is 1.76 bits per heavy atom. The number of nitrogens with one attached hydrogen (secondary N) is 2. The van der Waals surface area contributed by atoms with Crippen LogP contribution in [0.3, 0.4) is 0 Å². The summed E-state index contributed by atoms with van der Waals surface area (Å²) in [6.45, 7) is 5.30. The lowest BCUT2D eigenvalue weighted by molar-refractivity contribution is -0.135. The maximum Gasteiger partial charge on any atom is 0.262 e. The highest BCUT2D eigenvalue weighted by molar-refractivity contribution is 5.99. The molecule has 2 amide bonds. The summed E-state index contributed by atoms with van der Waals surface area (Å²) in [5.74, 6) is 9.24. The van der Waals surface area contributed by atoms with Crippen LogP contribution in [0.15, 0.2) is 23.0 Å². The number of hydrogen-bond donors (Lipinski definition) is 2. The fourth-order valence-electron chi connectivity index (χ4n) is 8.78. The number of nitrogens with zero attached hydrogens (tertiary/aromatic N) is 2. The molecule has 2 atom stereocenters. The number of amides is 2. The van der Waals surface area contributed by atoms with Gasteiger partial charge in [-0.25, -0.2) is 4.98 Å². The van der Waals surface area contributed by atoms with Crippen molar-refractivity contribution in [1.29, 1.82) is 0 Å². The largest absolute Gasteiger partial charge is 0.314 e. The minimum absolute atomic E-state index is 0.212. The van der Waals surface area contributed by atoms with Gasteiger partial charge in [0.1, 0.15) is 11.9 Å². The summed E-state index contributed by atoms with van der Waals surface area (Å²) < 4.78 is 1.42. The normalized spacial score (nSPS) is 29.3. The molecule has 41 heavy (non-hydrogen) atoms. The maximum absolute atomic E-state index is 13.3. The summed E-state index contributed by atoms with van der Waals surface area (Å²) in [6, 6.07) is 5.42. The van der Waals surface area contributed by atoms with Crippen LogP contribution in [0.25, 0.3) is 10.9 Å². The summed E-state index contributed by atoms with van der Waals surface area (Å²) in [6.07, 6.45) is 15.0. The Morgan fingerprint density at radius 1 is 1.05 bits per heavy atom. The first-order chi connectivity index (χ1) is 19.8. The first-order valence-corrected chi connectivity index (χ1v) is 15.9. The molecule has 1 saturated heterocycles. The molecule has 1 aliphatic heterocycles. The lowest BCUT2D eigenvalue weighted by Crippen LogP contribution is -2.54. The Morgan fingerprint density at radius 3 is 2.46 bits per heavy atom. The van der Waals surface area contributed by atoms with Crippen LogP contribution in [0.5, 0.6) is 0 Å². The Balaban J connectivity index is 0.964. The van der Waals surface area contributed by atoms with Crippen molar-refractivity contribution in [2.24, 2.45) is 23.2 Å². The molecule has 7 rings (SSSR count). The lowest BCUT2D eigenvalue weighted by Gasteiger charge is -2.59. The van der Waals surface area contributed by atoms with E-state index in [1.54, 1.807) is 13.0 Å². The standard InChI is InChI=1S/C34H44N4O3/c1-22(34-19-25-15-26(20-34)17-27(16-25)21-34)35-14-8-6-4-3-5-7-9-24-10-11-29-28(18-24)33(41)38(23(2)36-29)30-12-13-31(39)37-32(30)40/h10-11,18,22,25-27,30,35H,3-6,8,12-17,19-21H2,1-2H3,(H,37,39,40)/t22-,25?,26?,27?,30-,34?/m0/s1. The van der Waals surface area contributed by atoms with Crippen LogP contribution in [-0.2, 0) is 9.59 Å². The second-order valence-corrected chi connectivity index (χ2v) is 13.5. The molecule has 4 aliphatic carbocycles. The number of imide groups is 1. The van der Waals surface area contributed by atoms with E-state index >= 15 is 0 Å². The molecule has 0 radical (unpaired) electrons. The van der Waals surface area contributed by atoms with Crippen molar-refractivity contribution >= 4 is 22.7 Å². The molecular weight excluding hydrogens is 512 g/mol. The molecule has 0 unspecified atom stereocenters. The van der Waals surface area contributed by atoms with E-state index in [4.69, 9.17) is 0 Å². The van der Waals surface area contributed by atoms with Crippen LogP contribution in [0.1, 0.15) is 108 Å². The van der Waals surface area contributed by atoms with Crippen molar-refractivity contribution < 1.29 is 9.59 Å². The zero-order valence-electron chi connectivity index (χ0n) is 24.6. The summed E-state index contributed by atoms with van der Waals surface area (Å²) in [5, 5.41) is 6.70. The molecule has 5 aliphatic rings. The Bertz CT molecular complexity index is 1410. The van der Waals surface area contributed by atoms with Crippen LogP contribution in [0.2, 0.25) is 0 Å². The average molecular weight is 557 g/mol. The summed E-state index contributed by atoms with van der Waals surface area (Å²) in [7, 11) is 0. The minimum Gasteiger partial charge on any atom is -0.314 e. The Hall–Kier alpha value is -2.98. The van der Waals surface area contributed by atoms with E-state index in [0.29, 0.717) is 34.6 Å². The molecule has 4 saturated carbocycles. The van der Waals surface area contributed by atoms with Crippen LogP contribution >= 0.6 is 0 Å². The van der Waals surface area contributed by atoms with Crippen molar-refractivity contribution in [3.8, 4) is 11.8 Å². The fourth-order valence-corrected chi connectivity index (χ4v) is 8.78. The smallest absolute Gasteiger partial charge is 0.262 e. The highest BCUT2D eigenvalue weighted by Gasteiger charge is 2.52. The zero-order chi connectivity index (χ0) is 28.6. The van der Waals surface area contributed by atoms with Gasteiger partial charge in [0.25, 0.3) is 5.56 Å². The number of rotatable bonds is 9. The Kier molecular flexibility index (Phi) is 8.05. The molecule has 1 aromatic carbocycles. The number of carbonyl (C=O) groups is 2. The number of piperidine rings is 1. The summed E-state index contributed by atoms with van der Waals surface area (Å²) in [5.41, 5.74) is 1.68. The van der Waals surface area contributed by atoms with Gasteiger partial charge in [-0.05, 0) is 120 Å². The number of unbranched alkanes of at least 4 members (excludes halogenated alkanes) is 4. The van der Waals surface area contributed by atoms with E-state index in [0.717, 1.165) is 42.7 Å². The van der Waals surface area contributed by atoms with Crippen LogP contribution in [-0.4, -0.2) is 34.0 Å². The number of carbonyl (C=O) groups excluding carboxylic acids is 2. The van der Waals surface area contributed by atoms with Crippen molar-refractivity contribution in [2.75, 3.05) is 6.54 Å². The second kappa shape index (κ2) is 11.7. The van der Waals surface area contributed by atoms with Crippen LogP contribution in [0, 0.1) is 41.9 Å². The van der Waals surface area contributed by atoms with E-state index in [-0.39, 0.29) is 17.9 Å². The van der Waals surface area contributed by atoms with Gasteiger partial charge in [0.2, 0.25) is 11.8 Å². The summed E-state index contributed by atoms with van der Waals surface area (Å²) in [4.78, 5) is 41.8.